The molecule has 2 aromatic carbocycles. The number of benzene rings is 2. The molecule has 0 radical (unpaired) electrons. The maximum atomic E-state index is 4.85. The zero-order valence-corrected chi connectivity index (χ0v) is 15.6. The van der Waals surface area contributed by atoms with Crippen LogP contribution in [-0.2, 0) is 6.54 Å². The third kappa shape index (κ3) is 2.77. The normalized spacial score (nSPS) is 17.0. The number of aryl methyl sites for hydroxylation is 1. The number of nitrogens with one attached hydrogen (secondary N) is 1. The molecule has 0 saturated carbocycles. The maximum absolute atomic E-state index is 4.85. The highest BCUT2D eigenvalue weighted by atomic mass is 15.1. The van der Waals surface area contributed by atoms with E-state index in [1.54, 1.807) is 0 Å². The molecule has 0 spiro atoms. The Bertz CT molecular complexity index is 1070. The van der Waals surface area contributed by atoms with Gasteiger partial charge in [0.2, 0.25) is 0 Å². The monoisotopic (exact) mass is 356 g/mol. The van der Waals surface area contributed by atoms with E-state index < -0.39 is 0 Å². The van der Waals surface area contributed by atoms with Gasteiger partial charge in [-0.15, -0.1) is 0 Å². The average molecular weight is 356 g/mol. The lowest BCUT2D eigenvalue weighted by molar-refractivity contribution is 0.551. The Morgan fingerprint density at radius 2 is 1.96 bits per heavy atom. The summed E-state index contributed by atoms with van der Waals surface area (Å²) in [4.78, 5) is 4.85. The first kappa shape index (κ1) is 16.3. The summed E-state index contributed by atoms with van der Waals surface area (Å²) in [6.07, 6.45) is 5.34. The van der Waals surface area contributed by atoms with Crippen molar-refractivity contribution in [3.05, 3.63) is 67.1 Å². The molecule has 0 aliphatic carbocycles. The van der Waals surface area contributed by atoms with Gasteiger partial charge in [0.15, 0.2) is 0 Å². The molecular formula is C23H24N4. The van der Waals surface area contributed by atoms with Gasteiger partial charge in [-0.3, -0.25) is 0 Å². The molecule has 1 aliphatic rings. The highest BCUT2D eigenvalue weighted by Crippen LogP contribution is 2.36. The van der Waals surface area contributed by atoms with Crippen LogP contribution < -0.4 is 5.32 Å². The molecule has 27 heavy (non-hydrogen) atoms. The van der Waals surface area contributed by atoms with Crippen molar-refractivity contribution in [3.8, 4) is 22.5 Å². The fourth-order valence-electron chi connectivity index (χ4n) is 4.21. The molecule has 1 atom stereocenters. The van der Waals surface area contributed by atoms with Gasteiger partial charge in [-0.05, 0) is 37.4 Å². The number of aromatic nitrogens is 3. The lowest BCUT2D eigenvalue weighted by atomic mass is 10.0. The van der Waals surface area contributed by atoms with E-state index in [1.165, 1.54) is 27.7 Å². The zero-order chi connectivity index (χ0) is 18.2. The van der Waals surface area contributed by atoms with E-state index in [9.17, 15) is 0 Å². The molecule has 5 rings (SSSR count). The smallest absolute Gasteiger partial charge is 0.0963 e. The van der Waals surface area contributed by atoms with Crippen molar-refractivity contribution in [3.63, 3.8) is 0 Å². The Kier molecular flexibility index (Phi) is 4.06. The van der Waals surface area contributed by atoms with E-state index >= 15 is 0 Å². The molecule has 4 nitrogen and oxygen atoms in total. The quantitative estimate of drug-likeness (QED) is 0.574. The van der Waals surface area contributed by atoms with Crippen molar-refractivity contribution in [2.45, 2.75) is 25.9 Å². The first-order valence-corrected chi connectivity index (χ1v) is 9.77. The molecule has 136 valence electrons. The molecule has 2 aromatic heterocycles. The lowest BCUT2D eigenvalue weighted by Crippen LogP contribution is -2.13. The van der Waals surface area contributed by atoms with Gasteiger partial charge in [-0.1, -0.05) is 42.5 Å². The fraction of sp³-hybridized carbons (Fsp3) is 0.261. The number of nitrogens with zero attached hydrogens (tertiary/aromatic N) is 3. The van der Waals surface area contributed by atoms with E-state index in [0.29, 0.717) is 6.04 Å². The highest BCUT2D eigenvalue weighted by molar-refractivity contribution is 5.88. The lowest BCUT2D eigenvalue weighted by Gasteiger charge is -2.16. The second-order valence-corrected chi connectivity index (χ2v) is 7.24. The van der Waals surface area contributed by atoms with Crippen LogP contribution in [0.5, 0.6) is 0 Å². The van der Waals surface area contributed by atoms with Crippen LogP contribution >= 0.6 is 0 Å². The van der Waals surface area contributed by atoms with Gasteiger partial charge in [-0.2, -0.15) is 0 Å². The van der Waals surface area contributed by atoms with Crippen molar-refractivity contribution >= 4 is 10.9 Å². The van der Waals surface area contributed by atoms with Crippen LogP contribution in [0.3, 0.4) is 0 Å². The topological polar surface area (TPSA) is 34.8 Å². The van der Waals surface area contributed by atoms with E-state index in [2.05, 4.69) is 82.2 Å². The number of fused-ring (bicyclic) bond motifs is 1. The molecule has 4 heteroatoms. The van der Waals surface area contributed by atoms with Crippen LogP contribution in [0, 0.1) is 0 Å². The number of hydrogen-bond donors (Lipinski definition) is 1. The Labute approximate surface area is 159 Å². The van der Waals surface area contributed by atoms with Crippen LogP contribution in [-0.4, -0.2) is 27.2 Å². The third-order valence-corrected chi connectivity index (χ3v) is 5.66. The van der Waals surface area contributed by atoms with Crippen LogP contribution in [0.15, 0.2) is 67.1 Å². The van der Waals surface area contributed by atoms with Crippen molar-refractivity contribution in [2.75, 3.05) is 13.1 Å². The SMILES string of the molecule is CCn1ccc2ccc(-c3c(-c4ccccc4)ncn3[C@H]3CCNC3)cc21. The summed E-state index contributed by atoms with van der Waals surface area (Å²) in [5.41, 5.74) is 5.98. The van der Waals surface area contributed by atoms with Crippen molar-refractivity contribution in [2.24, 2.45) is 0 Å². The van der Waals surface area contributed by atoms with Crippen LogP contribution in [0.1, 0.15) is 19.4 Å². The minimum Gasteiger partial charge on any atom is -0.348 e. The van der Waals surface area contributed by atoms with Gasteiger partial charge in [0.1, 0.15) is 0 Å². The Morgan fingerprint density at radius 1 is 1.07 bits per heavy atom. The second-order valence-electron chi connectivity index (χ2n) is 7.24. The van der Waals surface area contributed by atoms with E-state index in [1.807, 2.05) is 6.33 Å². The molecule has 0 bridgehead atoms. The molecule has 4 aromatic rings. The summed E-state index contributed by atoms with van der Waals surface area (Å²) in [5, 5.41) is 4.78. The van der Waals surface area contributed by atoms with Gasteiger partial charge >= 0.3 is 0 Å². The van der Waals surface area contributed by atoms with E-state index in [0.717, 1.165) is 31.7 Å². The highest BCUT2D eigenvalue weighted by Gasteiger charge is 2.23. The molecule has 1 N–H and O–H groups in total. The molecule has 1 saturated heterocycles. The summed E-state index contributed by atoms with van der Waals surface area (Å²) in [7, 11) is 0. The van der Waals surface area contributed by atoms with Gasteiger partial charge in [-0.25, -0.2) is 4.98 Å². The molecule has 3 heterocycles. The fourth-order valence-corrected chi connectivity index (χ4v) is 4.21. The van der Waals surface area contributed by atoms with Crippen LogP contribution in [0.2, 0.25) is 0 Å². The predicted molar refractivity (Wildman–Crippen MR) is 111 cm³/mol. The van der Waals surface area contributed by atoms with Crippen LogP contribution in [0.4, 0.5) is 0 Å². The molecule has 0 amide bonds. The average Bonchev–Trinajstić information content (AvgIpc) is 3.46. The minimum absolute atomic E-state index is 0.457. The largest absolute Gasteiger partial charge is 0.348 e. The van der Waals surface area contributed by atoms with Crippen molar-refractivity contribution < 1.29 is 0 Å². The van der Waals surface area contributed by atoms with Gasteiger partial charge in [0.25, 0.3) is 0 Å². The van der Waals surface area contributed by atoms with E-state index in [-0.39, 0.29) is 0 Å². The van der Waals surface area contributed by atoms with Gasteiger partial charge in [0.05, 0.1) is 17.7 Å². The third-order valence-electron chi connectivity index (χ3n) is 5.66. The Hall–Kier alpha value is -2.85. The molecular weight excluding hydrogens is 332 g/mol. The maximum Gasteiger partial charge on any atom is 0.0963 e. The summed E-state index contributed by atoms with van der Waals surface area (Å²) in [6, 6.07) is 20.0. The first-order chi connectivity index (χ1) is 13.3. The summed E-state index contributed by atoms with van der Waals surface area (Å²) in [6.45, 7) is 5.24. The van der Waals surface area contributed by atoms with Gasteiger partial charge in [0, 0.05) is 42.0 Å². The van der Waals surface area contributed by atoms with Gasteiger partial charge < -0.3 is 14.5 Å². The Balaban J connectivity index is 1.72. The predicted octanol–water partition coefficient (Wildman–Crippen LogP) is 4.73. The zero-order valence-electron chi connectivity index (χ0n) is 15.6. The number of imidazole rings is 1. The summed E-state index contributed by atoms with van der Waals surface area (Å²) in [5.74, 6) is 0. The van der Waals surface area contributed by atoms with Crippen molar-refractivity contribution in [1.29, 1.82) is 0 Å². The standard InChI is InChI=1S/C23H24N4/c1-2-26-13-11-17-8-9-19(14-21(17)26)23-22(18-6-4-3-5-7-18)25-16-27(23)20-10-12-24-15-20/h3-9,11,13-14,16,20,24H,2,10,12,15H2,1H3/t20-/m0/s1. The van der Waals surface area contributed by atoms with Crippen molar-refractivity contribution in [1.82, 2.24) is 19.4 Å². The molecule has 1 aliphatic heterocycles. The first-order valence-electron chi connectivity index (χ1n) is 9.77. The number of hydrogen-bond acceptors (Lipinski definition) is 2. The second kappa shape index (κ2) is 6.71. The summed E-state index contributed by atoms with van der Waals surface area (Å²) >= 11 is 0. The number of rotatable bonds is 4. The van der Waals surface area contributed by atoms with E-state index in [4.69, 9.17) is 4.98 Å². The molecule has 0 unspecified atom stereocenters. The Morgan fingerprint density at radius 3 is 2.74 bits per heavy atom. The van der Waals surface area contributed by atoms with Crippen LogP contribution in [0.25, 0.3) is 33.4 Å². The summed E-state index contributed by atoms with van der Waals surface area (Å²) < 4.78 is 4.68. The molecule has 1 fully saturated rings. The minimum atomic E-state index is 0.457.